The van der Waals surface area contributed by atoms with Gasteiger partial charge in [-0.15, -0.1) is 0 Å². The molecule has 1 saturated heterocycles. The van der Waals surface area contributed by atoms with E-state index in [-0.39, 0.29) is 28.8 Å². The highest BCUT2D eigenvalue weighted by Crippen LogP contribution is 2.45. The van der Waals surface area contributed by atoms with Crippen LogP contribution in [-0.4, -0.2) is 43.6 Å². The van der Waals surface area contributed by atoms with Crippen molar-refractivity contribution in [1.29, 1.82) is 0 Å². The van der Waals surface area contributed by atoms with Crippen LogP contribution in [0.2, 0.25) is 0 Å². The molecule has 0 aliphatic carbocycles. The van der Waals surface area contributed by atoms with E-state index in [9.17, 15) is 18.0 Å². The quantitative estimate of drug-likeness (QED) is 0.214. The minimum Gasteiger partial charge on any atom is -0.364 e. The van der Waals surface area contributed by atoms with Gasteiger partial charge in [0, 0.05) is 30.2 Å². The zero-order valence-electron chi connectivity index (χ0n) is 24.4. The lowest BCUT2D eigenvalue weighted by Gasteiger charge is -2.43. The molecule has 218 valence electrons. The van der Waals surface area contributed by atoms with Crippen molar-refractivity contribution in [3.8, 4) is 0 Å². The Morgan fingerprint density at radius 3 is 1.85 bits per heavy atom. The van der Waals surface area contributed by atoms with Crippen molar-refractivity contribution in [2.24, 2.45) is 11.7 Å². The molecule has 0 bridgehead atoms. The predicted octanol–water partition coefficient (Wildman–Crippen LogP) is 5.92. The number of quaternary nitrogens is 1. The number of hydrogen-bond donors (Lipinski definition) is 1. The van der Waals surface area contributed by atoms with Gasteiger partial charge in [-0.1, -0.05) is 111 Å². The molecule has 3 aromatic carbocycles. The molecule has 4 rings (SSSR count). The second-order valence-electron chi connectivity index (χ2n) is 11.7. The number of hydrogen-bond acceptors (Lipinski definition) is 4. The van der Waals surface area contributed by atoms with Gasteiger partial charge in [-0.2, -0.15) is 0 Å². The Bertz CT molecular complexity index is 1390. The highest BCUT2D eigenvalue weighted by molar-refractivity contribution is 7.91. The van der Waals surface area contributed by atoms with Crippen molar-refractivity contribution in [2.45, 2.75) is 69.2 Å². The summed E-state index contributed by atoms with van der Waals surface area (Å²) >= 11 is 0. The molecular weight excluding hydrogens is 532 g/mol. The van der Waals surface area contributed by atoms with Gasteiger partial charge in [-0.05, 0) is 24.3 Å². The molecule has 0 spiro atoms. The molecule has 1 aliphatic rings. The molecule has 2 unspecified atom stereocenters. The van der Waals surface area contributed by atoms with Crippen LogP contribution < -0.4 is 5.73 Å². The smallest absolute Gasteiger partial charge is 0.315 e. The Kier molecular flexibility index (Phi) is 9.50. The number of likely N-dealkylation sites (tertiary alicyclic amines) is 1. The normalized spacial score (nSPS) is 20.7. The second kappa shape index (κ2) is 12.7. The summed E-state index contributed by atoms with van der Waals surface area (Å²) in [4.78, 5) is 27.3. The lowest BCUT2D eigenvalue weighted by atomic mass is 9.83. The van der Waals surface area contributed by atoms with Crippen molar-refractivity contribution < 1.29 is 22.5 Å². The highest BCUT2D eigenvalue weighted by atomic mass is 32.2. The summed E-state index contributed by atoms with van der Waals surface area (Å²) in [5.41, 5.74) is 8.72. The van der Waals surface area contributed by atoms with Crippen LogP contribution in [-0.2, 0) is 24.2 Å². The second-order valence-corrected chi connectivity index (χ2v) is 14.0. The highest BCUT2D eigenvalue weighted by Gasteiger charge is 2.56. The van der Waals surface area contributed by atoms with E-state index in [1.165, 1.54) is 6.26 Å². The maximum Gasteiger partial charge on any atom is 0.315 e. The van der Waals surface area contributed by atoms with Crippen LogP contribution in [0.4, 0.5) is 0 Å². The zero-order valence-corrected chi connectivity index (χ0v) is 25.2. The molecule has 0 radical (unpaired) electrons. The number of benzene rings is 3. The van der Waals surface area contributed by atoms with Crippen LogP contribution >= 0.6 is 0 Å². The Morgan fingerprint density at radius 2 is 1.39 bits per heavy atom. The summed E-state index contributed by atoms with van der Waals surface area (Å²) in [6.07, 6.45) is 4.36. The van der Waals surface area contributed by atoms with E-state index in [1.54, 1.807) is 0 Å². The number of unbranched alkanes of at least 4 members (excludes halogenated alkanes) is 1. The summed E-state index contributed by atoms with van der Waals surface area (Å²) in [5.74, 6) is -0.613. The molecule has 0 saturated carbocycles. The van der Waals surface area contributed by atoms with E-state index in [0.29, 0.717) is 32.2 Å². The summed E-state index contributed by atoms with van der Waals surface area (Å²) in [6, 6.07) is 28.2. The number of rotatable bonds is 12. The number of nitrogens with two attached hydrogens (primary N) is 1. The number of carbonyl (C=O) groups excluding carboxylic acids is 2. The molecule has 1 aliphatic heterocycles. The summed E-state index contributed by atoms with van der Waals surface area (Å²) < 4.78 is 25.5. The first kappa shape index (κ1) is 30.7. The number of nitrogens with zero attached hydrogens (tertiary/aromatic N) is 1. The van der Waals surface area contributed by atoms with Gasteiger partial charge in [0.15, 0.2) is 15.9 Å². The van der Waals surface area contributed by atoms with E-state index in [1.807, 2.05) is 105 Å². The molecule has 1 heterocycles. The fourth-order valence-electron chi connectivity index (χ4n) is 7.23. The Hall–Kier alpha value is -3.29. The van der Waals surface area contributed by atoms with Crippen LogP contribution in [0.15, 0.2) is 91.0 Å². The van der Waals surface area contributed by atoms with E-state index >= 15 is 0 Å². The minimum absolute atomic E-state index is 0.0155. The van der Waals surface area contributed by atoms with Gasteiger partial charge < -0.3 is 5.73 Å². The van der Waals surface area contributed by atoms with Gasteiger partial charge in [-0.3, -0.25) is 4.79 Å². The van der Waals surface area contributed by atoms with Crippen molar-refractivity contribution in [2.75, 3.05) is 12.8 Å². The molecule has 2 N–H and O–H groups in total. The average molecular weight is 576 g/mol. The van der Waals surface area contributed by atoms with Gasteiger partial charge in [0.05, 0.1) is 17.7 Å². The summed E-state index contributed by atoms with van der Waals surface area (Å²) in [6.45, 7) is 4.43. The van der Waals surface area contributed by atoms with E-state index in [2.05, 4.69) is 0 Å². The van der Waals surface area contributed by atoms with Crippen molar-refractivity contribution >= 4 is 21.7 Å². The third-order valence-electron chi connectivity index (χ3n) is 9.09. The molecule has 41 heavy (non-hydrogen) atoms. The van der Waals surface area contributed by atoms with Gasteiger partial charge in [-0.25, -0.2) is 17.7 Å². The fraction of sp³-hybridized carbons (Fsp3) is 0.412. The molecule has 6 nitrogen and oxygen atoms in total. The van der Waals surface area contributed by atoms with Crippen LogP contribution in [0.5, 0.6) is 0 Å². The largest absolute Gasteiger partial charge is 0.364 e. The molecule has 3 aromatic rings. The van der Waals surface area contributed by atoms with Crippen LogP contribution in [0, 0.1) is 5.92 Å². The minimum atomic E-state index is -3.46. The Labute approximate surface area is 245 Å². The van der Waals surface area contributed by atoms with Crippen LogP contribution in [0.1, 0.15) is 75.1 Å². The first-order valence-corrected chi connectivity index (χ1v) is 16.5. The molecule has 0 aromatic heterocycles. The van der Waals surface area contributed by atoms with Gasteiger partial charge >= 0.3 is 5.91 Å². The molecule has 3 atom stereocenters. The first-order chi connectivity index (χ1) is 19.6. The first-order valence-electron chi connectivity index (χ1n) is 14.6. The predicted molar refractivity (Wildman–Crippen MR) is 163 cm³/mol. The maximum atomic E-state index is 14.4. The monoisotopic (exact) mass is 575 g/mol. The molecule has 2 amide bonds. The third kappa shape index (κ3) is 5.88. The number of primary amides is 1. The summed E-state index contributed by atoms with van der Waals surface area (Å²) in [7, 11) is -3.46. The molecule has 7 heteroatoms. The van der Waals surface area contributed by atoms with Crippen LogP contribution in [0.25, 0.3) is 0 Å². The van der Waals surface area contributed by atoms with Gasteiger partial charge in [0.25, 0.3) is 5.91 Å². The Balaban J connectivity index is 1.66. The SMILES string of the molecule is CC(C)C(CCCCC(=O)[N@@+]1(C(c2ccccc2)c2ccccc2)CCCC1C(N)=O)(c1ccccc1)S(C)(=O)=O. The zero-order chi connectivity index (χ0) is 29.7. The lowest BCUT2D eigenvalue weighted by molar-refractivity contribution is -0.882. The number of sulfone groups is 1. The lowest BCUT2D eigenvalue weighted by Crippen LogP contribution is -2.62. The molecule has 1 fully saturated rings. The summed E-state index contributed by atoms with van der Waals surface area (Å²) in [5, 5.41) is 0. The van der Waals surface area contributed by atoms with Gasteiger partial charge in [0.2, 0.25) is 0 Å². The standard InChI is InChI=1S/C34H42N2O4S/c1-26(2)34(41(3,39)40,29-20-11-6-12-21-29)24-14-13-23-31(37)36(25-15-22-30(36)33(35)38)32(27-16-7-4-8-17-27)28-18-9-5-10-19-28/h4-12,16-21,26,30,32H,13-15,22-25H2,1-3H3,(H-,35,38)/p+1/t30?,34?,36-/m1/s1. The van der Waals surface area contributed by atoms with Crippen molar-refractivity contribution in [1.82, 2.24) is 0 Å². The van der Waals surface area contributed by atoms with E-state index in [4.69, 9.17) is 5.73 Å². The number of carbonyl (C=O) groups is 2. The fourth-order valence-corrected chi connectivity index (χ4v) is 9.17. The van der Waals surface area contributed by atoms with Crippen molar-refractivity contribution in [3.05, 3.63) is 108 Å². The Morgan fingerprint density at radius 1 is 0.878 bits per heavy atom. The average Bonchev–Trinajstić information content (AvgIpc) is 3.40. The maximum absolute atomic E-state index is 14.4. The topological polar surface area (TPSA) is 94.3 Å². The van der Waals surface area contributed by atoms with Gasteiger partial charge in [0.1, 0.15) is 6.04 Å². The van der Waals surface area contributed by atoms with Crippen molar-refractivity contribution in [3.63, 3.8) is 0 Å². The molecular formula is C34H43N2O4S+. The van der Waals surface area contributed by atoms with Crippen LogP contribution in [0.3, 0.4) is 0 Å². The number of amides is 2. The van der Waals surface area contributed by atoms with E-state index < -0.39 is 26.5 Å². The third-order valence-corrected chi connectivity index (χ3v) is 11.3. The van der Waals surface area contributed by atoms with E-state index in [0.717, 1.165) is 23.1 Å².